The standard InChI is InChI=1S/C12H18N2O3S/c1-3-7-12(15)14-10-8-5-6-9-11(10)18(16,17)13-4-2/h5-6,8-9,13H,3-4,7H2,1-2H3,(H,14,15). The maximum Gasteiger partial charge on any atom is 0.242 e. The smallest absolute Gasteiger partial charge is 0.242 e. The minimum absolute atomic E-state index is 0.0938. The third kappa shape index (κ3) is 3.82. The van der Waals surface area contributed by atoms with Gasteiger partial charge in [0.15, 0.2) is 0 Å². The van der Waals surface area contributed by atoms with Crippen LogP contribution in [-0.4, -0.2) is 20.9 Å². The van der Waals surface area contributed by atoms with Gasteiger partial charge in [-0.3, -0.25) is 4.79 Å². The summed E-state index contributed by atoms with van der Waals surface area (Å²) >= 11 is 0. The van der Waals surface area contributed by atoms with Crippen LogP contribution in [0.25, 0.3) is 0 Å². The molecular formula is C12H18N2O3S. The minimum Gasteiger partial charge on any atom is -0.325 e. The molecule has 1 rings (SSSR count). The third-order valence-corrected chi connectivity index (χ3v) is 3.87. The van der Waals surface area contributed by atoms with Crippen LogP contribution in [0.2, 0.25) is 0 Å². The van der Waals surface area contributed by atoms with Crippen LogP contribution in [-0.2, 0) is 14.8 Å². The van der Waals surface area contributed by atoms with Gasteiger partial charge in [0.1, 0.15) is 4.90 Å². The molecule has 0 spiro atoms. The molecule has 0 unspecified atom stereocenters. The molecule has 0 bridgehead atoms. The van der Waals surface area contributed by atoms with Crippen LogP contribution in [0.4, 0.5) is 5.69 Å². The van der Waals surface area contributed by atoms with Gasteiger partial charge in [-0.25, -0.2) is 13.1 Å². The molecule has 0 fully saturated rings. The Morgan fingerprint density at radius 2 is 1.89 bits per heavy atom. The molecule has 0 heterocycles. The van der Waals surface area contributed by atoms with Crippen LogP contribution in [0, 0.1) is 0 Å². The summed E-state index contributed by atoms with van der Waals surface area (Å²) in [7, 11) is -3.57. The van der Waals surface area contributed by atoms with E-state index in [2.05, 4.69) is 10.0 Å². The van der Waals surface area contributed by atoms with Gasteiger partial charge in [-0.05, 0) is 18.6 Å². The number of hydrogen-bond acceptors (Lipinski definition) is 3. The Bertz CT molecular complexity index is 512. The SMILES string of the molecule is CCCC(=O)Nc1ccccc1S(=O)(=O)NCC. The van der Waals surface area contributed by atoms with Gasteiger partial charge >= 0.3 is 0 Å². The molecule has 2 N–H and O–H groups in total. The van der Waals surface area contributed by atoms with Crippen LogP contribution in [0.1, 0.15) is 26.7 Å². The van der Waals surface area contributed by atoms with Crippen molar-refractivity contribution in [3.8, 4) is 0 Å². The summed E-state index contributed by atoms with van der Waals surface area (Å²) in [6.45, 7) is 3.90. The highest BCUT2D eigenvalue weighted by Gasteiger charge is 2.17. The zero-order chi connectivity index (χ0) is 13.6. The van der Waals surface area contributed by atoms with Crippen LogP contribution in [0.5, 0.6) is 0 Å². The Hall–Kier alpha value is -1.40. The lowest BCUT2D eigenvalue weighted by atomic mass is 10.3. The number of hydrogen-bond donors (Lipinski definition) is 2. The van der Waals surface area contributed by atoms with Crippen molar-refractivity contribution < 1.29 is 13.2 Å². The number of carbonyl (C=O) groups excluding carboxylic acids is 1. The molecule has 1 aromatic carbocycles. The number of amides is 1. The van der Waals surface area contributed by atoms with Gasteiger partial charge in [-0.1, -0.05) is 26.0 Å². The Morgan fingerprint density at radius 1 is 1.22 bits per heavy atom. The number of carbonyl (C=O) groups is 1. The molecule has 0 aromatic heterocycles. The van der Waals surface area contributed by atoms with Crippen LogP contribution >= 0.6 is 0 Å². The largest absolute Gasteiger partial charge is 0.325 e. The molecule has 6 heteroatoms. The van der Waals surface area contributed by atoms with Crippen molar-refractivity contribution in [1.29, 1.82) is 0 Å². The van der Waals surface area contributed by atoms with Crippen molar-refractivity contribution >= 4 is 21.6 Å². The Kier molecular flexibility index (Phi) is 5.30. The predicted octanol–water partition coefficient (Wildman–Crippen LogP) is 1.72. The van der Waals surface area contributed by atoms with Crippen molar-refractivity contribution in [3.63, 3.8) is 0 Å². The summed E-state index contributed by atoms with van der Waals surface area (Å²) in [6, 6.07) is 6.36. The maximum atomic E-state index is 11.9. The van der Waals surface area contributed by atoms with Crippen molar-refractivity contribution in [2.45, 2.75) is 31.6 Å². The van der Waals surface area contributed by atoms with Gasteiger partial charge in [0.25, 0.3) is 0 Å². The molecule has 1 aromatic rings. The molecule has 0 atom stereocenters. The number of para-hydroxylation sites is 1. The van der Waals surface area contributed by atoms with Gasteiger partial charge in [-0.2, -0.15) is 0 Å². The molecule has 18 heavy (non-hydrogen) atoms. The molecule has 0 aliphatic carbocycles. The lowest BCUT2D eigenvalue weighted by Gasteiger charge is -2.11. The summed E-state index contributed by atoms with van der Waals surface area (Å²) in [5.74, 6) is -0.184. The monoisotopic (exact) mass is 270 g/mol. The highest BCUT2D eigenvalue weighted by atomic mass is 32.2. The van der Waals surface area contributed by atoms with Crippen molar-refractivity contribution in [2.24, 2.45) is 0 Å². The number of anilines is 1. The van der Waals surface area contributed by atoms with E-state index in [1.165, 1.54) is 6.07 Å². The van der Waals surface area contributed by atoms with Gasteiger partial charge < -0.3 is 5.32 Å². The van der Waals surface area contributed by atoms with E-state index < -0.39 is 10.0 Å². The number of benzene rings is 1. The van der Waals surface area contributed by atoms with Crippen molar-refractivity contribution in [3.05, 3.63) is 24.3 Å². The second-order valence-corrected chi connectivity index (χ2v) is 5.53. The normalized spacial score (nSPS) is 11.2. The number of sulfonamides is 1. The van der Waals surface area contributed by atoms with E-state index in [0.29, 0.717) is 25.1 Å². The molecule has 5 nitrogen and oxygen atoms in total. The highest BCUT2D eigenvalue weighted by molar-refractivity contribution is 7.89. The summed E-state index contributed by atoms with van der Waals surface area (Å²) in [6.07, 6.45) is 1.09. The van der Waals surface area contributed by atoms with E-state index >= 15 is 0 Å². The van der Waals surface area contributed by atoms with E-state index in [9.17, 15) is 13.2 Å². The van der Waals surface area contributed by atoms with Crippen molar-refractivity contribution in [1.82, 2.24) is 4.72 Å². The average molecular weight is 270 g/mol. The molecule has 0 aliphatic heterocycles. The number of nitrogens with one attached hydrogen (secondary N) is 2. The molecule has 0 aliphatic rings. The molecule has 1 amide bonds. The molecular weight excluding hydrogens is 252 g/mol. The van der Waals surface area contributed by atoms with Gasteiger partial charge in [0.2, 0.25) is 15.9 Å². The van der Waals surface area contributed by atoms with E-state index in [-0.39, 0.29) is 10.8 Å². The predicted molar refractivity (Wildman–Crippen MR) is 70.8 cm³/mol. The second-order valence-electron chi connectivity index (χ2n) is 3.80. The fraction of sp³-hybridized carbons (Fsp3) is 0.417. The summed E-state index contributed by atoms with van der Waals surface area (Å²) in [5.41, 5.74) is 0.317. The minimum atomic E-state index is -3.57. The van der Waals surface area contributed by atoms with E-state index in [1.54, 1.807) is 25.1 Å². The van der Waals surface area contributed by atoms with Crippen LogP contribution < -0.4 is 10.0 Å². The Labute approximate surface area is 108 Å². The second kappa shape index (κ2) is 6.51. The first-order chi connectivity index (χ1) is 8.51. The molecule has 0 radical (unpaired) electrons. The fourth-order valence-electron chi connectivity index (χ4n) is 1.51. The van der Waals surface area contributed by atoms with E-state index in [0.717, 1.165) is 0 Å². The fourth-order valence-corrected chi connectivity index (χ4v) is 2.71. The molecule has 0 saturated carbocycles. The first-order valence-corrected chi connectivity index (χ1v) is 7.38. The quantitative estimate of drug-likeness (QED) is 0.826. The Balaban J connectivity index is 3.03. The number of rotatable bonds is 6. The zero-order valence-corrected chi connectivity index (χ0v) is 11.4. The third-order valence-electron chi connectivity index (χ3n) is 2.26. The van der Waals surface area contributed by atoms with E-state index in [4.69, 9.17) is 0 Å². The van der Waals surface area contributed by atoms with Gasteiger partial charge in [0, 0.05) is 13.0 Å². The maximum absolute atomic E-state index is 11.9. The van der Waals surface area contributed by atoms with Crippen molar-refractivity contribution in [2.75, 3.05) is 11.9 Å². The van der Waals surface area contributed by atoms with Crippen LogP contribution in [0.15, 0.2) is 29.2 Å². The average Bonchev–Trinajstić information content (AvgIpc) is 2.29. The summed E-state index contributed by atoms with van der Waals surface area (Å²) in [5, 5.41) is 2.62. The van der Waals surface area contributed by atoms with Crippen LogP contribution in [0.3, 0.4) is 0 Å². The summed E-state index contributed by atoms with van der Waals surface area (Å²) in [4.78, 5) is 11.6. The molecule has 100 valence electrons. The van der Waals surface area contributed by atoms with Gasteiger partial charge in [-0.15, -0.1) is 0 Å². The first-order valence-electron chi connectivity index (χ1n) is 5.89. The highest BCUT2D eigenvalue weighted by Crippen LogP contribution is 2.20. The Morgan fingerprint density at radius 3 is 2.50 bits per heavy atom. The van der Waals surface area contributed by atoms with Gasteiger partial charge in [0.05, 0.1) is 5.69 Å². The molecule has 0 saturated heterocycles. The first kappa shape index (κ1) is 14.7. The lowest BCUT2D eigenvalue weighted by Crippen LogP contribution is -2.25. The summed E-state index contributed by atoms with van der Waals surface area (Å²) < 4.78 is 26.3. The van der Waals surface area contributed by atoms with E-state index in [1.807, 2.05) is 6.92 Å². The lowest BCUT2D eigenvalue weighted by molar-refractivity contribution is -0.116. The zero-order valence-electron chi connectivity index (χ0n) is 10.6. The topological polar surface area (TPSA) is 75.3 Å².